The SMILES string of the molecule is O=C(/C=C/c1ccccn1)N1CCC2=C3C=CC=CC3NC2=C1c1ccc2c(c1)OCO2. The zero-order chi connectivity index (χ0) is 21.5. The predicted octanol–water partition coefficient (Wildman–Crippen LogP) is 3.82. The third-order valence-electron chi connectivity index (χ3n) is 6.06. The first-order valence-electron chi connectivity index (χ1n) is 10.7. The van der Waals surface area contributed by atoms with E-state index in [1.54, 1.807) is 18.3 Å². The van der Waals surface area contributed by atoms with Gasteiger partial charge in [0.1, 0.15) is 0 Å². The average molecular weight is 423 g/mol. The van der Waals surface area contributed by atoms with Crippen molar-refractivity contribution in [1.29, 1.82) is 0 Å². The monoisotopic (exact) mass is 423 g/mol. The van der Waals surface area contributed by atoms with Gasteiger partial charge < -0.3 is 19.7 Å². The van der Waals surface area contributed by atoms with E-state index in [-0.39, 0.29) is 18.7 Å². The molecular formula is C26H21N3O3. The van der Waals surface area contributed by atoms with Gasteiger partial charge in [-0.3, -0.25) is 9.78 Å². The Morgan fingerprint density at radius 1 is 1.16 bits per heavy atom. The lowest BCUT2D eigenvalue weighted by atomic mass is 9.93. The summed E-state index contributed by atoms with van der Waals surface area (Å²) in [4.78, 5) is 19.5. The Balaban J connectivity index is 1.44. The number of rotatable bonds is 3. The van der Waals surface area contributed by atoms with E-state index in [9.17, 15) is 4.79 Å². The molecule has 0 spiro atoms. The molecule has 2 aromatic rings. The molecule has 32 heavy (non-hydrogen) atoms. The Bertz CT molecular complexity index is 1250. The first kappa shape index (κ1) is 18.7. The highest BCUT2D eigenvalue weighted by Crippen LogP contribution is 2.42. The van der Waals surface area contributed by atoms with Crippen LogP contribution >= 0.6 is 0 Å². The minimum Gasteiger partial charge on any atom is -0.454 e. The molecule has 1 amide bonds. The molecule has 1 aromatic carbocycles. The third kappa shape index (κ3) is 3.12. The van der Waals surface area contributed by atoms with Gasteiger partial charge in [-0.25, -0.2) is 0 Å². The number of allylic oxidation sites excluding steroid dienone is 3. The molecule has 6 heteroatoms. The zero-order valence-corrected chi connectivity index (χ0v) is 17.3. The molecule has 4 aliphatic rings. The van der Waals surface area contributed by atoms with Crippen LogP contribution in [0.3, 0.4) is 0 Å². The van der Waals surface area contributed by atoms with Crippen molar-refractivity contribution in [2.45, 2.75) is 12.5 Å². The number of hydrogen-bond acceptors (Lipinski definition) is 5. The summed E-state index contributed by atoms with van der Waals surface area (Å²) >= 11 is 0. The zero-order valence-electron chi connectivity index (χ0n) is 17.3. The van der Waals surface area contributed by atoms with Gasteiger partial charge in [-0.2, -0.15) is 0 Å². The van der Waals surface area contributed by atoms with Gasteiger partial charge in [-0.15, -0.1) is 0 Å². The van der Waals surface area contributed by atoms with E-state index >= 15 is 0 Å². The fraction of sp³-hybridized carbons (Fsp3) is 0.154. The number of hydrogen-bond donors (Lipinski definition) is 1. The summed E-state index contributed by atoms with van der Waals surface area (Å²) < 4.78 is 11.1. The lowest BCUT2D eigenvalue weighted by Gasteiger charge is -2.32. The number of aromatic nitrogens is 1. The average Bonchev–Trinajstić information content (AvgIpc) is 3.46. The number of pyridine rings is 1. The van der Waals surface area contributed by atoms with Crippen molar-refractivity contribution >= 4 is 17.7 Å². The van der Waals surface area contributed by atoms with Crippen LogP contribution in [-0.2, 0) is 4.79 Å². The third-order valence-corrected chi connectivity index (χ3v) is 6.06. The topological polar surface area (TPSA) is 63.7 Å². The van der Waals surface area contributed by atoms with E-state index in [0.717, 1.165) is 34.8 Å². The molecule has 1 aromatic heterocycles. The summed E-state index contributed by atoms with van der Waals surface area (Å²) in [5, 5.41) is 3.63. The van der Waals surface area contributed by atoms with E-state index in [1.807, 2.05) is 41.3 Å². The molecule has 6 nitrogen and oxygen atoms in total. The summed E-state index contributed by atoms with van der Waals surface area (Å²) in [5.74, 6) is 1.34. The molecule has 0 saturated heterocycles. The van der Waals surface area contributed by atoms with Gasteiger partial charge in [-0.1, -0.05) is 30.4 Å². The normalized spacial score (nSPS) is 20.6. The van der Waals surface area contributed by atoms with Crippen LogP contribution in [0.4, 0.5) is 0 Å². The number of amides is 1. The van der Waals surface area contributed by atoms with Gasteiger partial charge >= 0.3 is 0 Å². The van der Waals surface area contributed by atoms with Crippen LogP contribution in [0.25, 0.3) is 11.8 Å². The number of nitrogens with zero attached hydrogens (tertiary/aromatic N) is 2. The Morgan fingerprint density at radius 3 is 3.00 bits per heavy atom. The Morgan fingerprint density at radius 2 is 2.09 bits per heavy atom. The highest BCUT2D eigenvalue weighted by Gasteiger charge is 2.36. The molecule has 1 atom stereocenters. The largest absolute Gasteiger partial charge is 0.454 e. The number of fused-ring (bicyclic) bond motifs is 3. The Labute approximate surface area is 185 Å². The number of carbonyl (C=O) groups is 1. The quantitative estimate of drug-likeness (QED) is 0.761. The fourth-order valence-corrected chi connectivity index (χ4v) is 4.58. The summed E-state index contributed by atoms with van der Waals surface area (Å²) in [7, 11) is 0. The Hall–Kier alpha value is -4.06. The van der Waals surface area contributed by atoms with Gasteiger partial charge in [0.2, 0.25) is 6.79 Å². The second-order valence-corrected chi connectivity index (χ2v) is 7.92. The lowest BCUT2D eigenvalue weighted by Crippen LogP contribution is -2.35. The maximum absolute atomic E-state index is 13.3. The summed E-state index contributed by atoms with van der Waals surface area (Å²) in [5.41, 5.74) is 6.08. The van der Waals surface area contributed by atoms with Gasteiger partial charge in [-0.05, 0) is 54.0 Å². The molecule has 0 radical (unpaired) electrons. The second-order valence-electron chi connectivity index (χ2n) is 7.92. The molecule has 0 fully saturated rings. The van der Waals surface area contributed by atoms with Gasteiger partial charge in [0.05, 0.1) is 23.1 Å². The number of carbonyl (C=O) groups excluding carboxylic acids is 1. The van der Waals surface area contributed by atoms with E-state index in [1.165, 1.54) is 11.1 Å². The molecule has 4 heterocycles. The van der Waals surface area contributed by atoms with Crippen LogP contribution < -0.4 is 14.8 Å². The molecule has 0 bridgehead atoms. The molecule has 1 N–H and O–H groups in total. The summed E-state index contributed by atoms with van der Waals surface area (Å²) in [6.07, 6.45) is 14.3. The van der Waals surface area contributed by atoms with Crippen LogP contribution in [-0.4, -0.2) is 35.2 Å². The van der Waals surface area contributed by atoms with Crippen molar-refractivity contribution in [3.8, 4) is 11.5 Å². The van der Waals surface area contributed by atoms with E-state index in [2.05, 4.69) is 34.6 Å². The van der Waals surface area contributed by atoms with Crippen LogP contribution in [0.15, 0.2) is 89.8 Å². The number of ether oxygens (including phenoxy) is 2. The van der Waals surface area contributed by atoms with Crippen LogP contribution in [0.5, 0.6) is 11.5 Å². The fourth-order valence-electron chi connectivity index (χ4n) is 4.58. The predicted molar refractivity (Wildman–Crippen MR) is 121 cm³/mol. The number of benzene rings is 1. The molecular weight excluding hydrogens is 402 g/mol. The highest BCUT2D eigenvalue weighted by atomic mass is 16.7. The van der Waals surface area contributed by atoms with Crippen LogP contribution in [0, 0.1) is 0 Å². The first-order valence-corrected chi connectivity index (χ1v) is 10.7. The van der Waals surface area contributed by atoms with Crippen LogP contribution in [0.2, 0.25) is 0 Å². The Kier molecular flexibility index (Phi) is 4.42. The molecule has 3 aliphatic heterocycles. The number of nitrogens with one attached hydrogen (secondary N) is 1. The molecule has 158 valence electrons. The minimum atomic E-state index is -0.0809. The van der Waals surface area contributed by atoms with Crippen molar-refractivity contribution < 1.29 is 14.3 Å². The van der Waals surface area contributed by atoms with E-state index in [4.69, 9.17) is 9.47 Å². The summed E-state index contributed by atoms with van der Waals surface area (Å²) in [6.45, 7) is 0.814. The molecule has 1 aliphatic carbocycles. The smallest absolute Gasteiger partial charge is 0.251 e. The van der Waals surface area contributed by atoms with Crippen molar-refractivity contribution in [3.63, 3.8) is 0 Å². The van der Waals surface area contributed by atoms with Gasteiger partial charge in [0, 0.05) is 24.4 Å². The van der Waals surface area contributed by atoms with Crippen molar-refractivity contribution in [3.05, 3.63) is 101 Å². The van der Waals surface area contributed by atoms with E-state index < -0.39 is 0 Å². The van der Waals surface area contributed by atoms with Crippen LogP contribution in [0.1, 0.15) is 17.7 Å². The van der Waals surface area contributed by atoms with Crippen molar-refractivity contribution in [1.82, 2.24) is 15.2 Å². The van der Waals surface area contributed by atoms with Gasteiger partial charge in [0.15, 0.2) is 11.5 Å². The molecule has 6 rings (SSSR count). The van der Waals surface area contributed by atoms with Crippen molar-refractivity contribution in [2.75, 3.05) is 13.3 Å². The maximum atomic E-state index is 13.3. The van der Waals surface area contributed by atoms with E-state index in [0.29, 0.717) is 12.3 Å². The van der Waals surface area contributed by atoms with Crippen molar-refractivity contribution in [2.24, 2.45) is 0 Å². The lowest BCUT2D eigenvalue weighted by molar-refractivity contribution is -0.123. The minimum absolute atomic E-state index is 0.0809. The first-order chi connectivity index (χ1) is 15.8. The molecule has 0 saturated carbocycles. The highest BCUT2D eigenvalue weighted by molar-refractivity contribution is 5.99. The summed E-state index contributed by atoms with van der Waals surface area (Å²) in [6, 6.07) is 11.6. The second kappa shape index (κ2) is 7.57. The maximum Gasteiger partial charge on any atom is 0.251 e. The molecule has 1 unspecified atom stereocenters. The van der Waals surface area contributed by atoms with Gasteiger partial charge in [0.25, 0.3) is 5.91 Å². The standard InChI is InChI=1S/C26H21N3O3/c30-24(11-9-18-5-3-4-13-27-18)29-14-12-20-19-6-1-2-7-21(19)28-25(20)26(29)17-8-10-22-23(15-17)32-16-31-22/h1-11,13,15,21,28H,12,14,16H2/b11-9+.